The largest absolute Gasteiger partial charge is 0.296 e. The van der Waals surface area contributed by atoms with Gasteiger partial charge in [0.15, 0.2) is 0 Å². The van der Waals surface area contributed by atoms with E-state index in [0.29, 0.717) is 21.6 Å². The van der Waals surface area contributed by atoms with Crippen LogP contribution in [0.25, 0.3) is 10.9 Å². The van der Waals surface area contributed by atoms with Crippen LogP contribution in [0.5, 0.6) is 0 Å². The van der Waals surface area contributed by atoms with E-state index >= 15 is 0 Å². The minimum absolute atomic E-state index is 0.162. The molecule has 0 aliphatic heterocycles. The van der Waals surface area contributed by atoms with Crippen LogP contribution in [0.1, 0.15) is 46.9 Å². The number of aromatic nitrogens is 3. The molecule has 3 aromatic rings. The molecular formula is C19H19ClN4OS. The first-order chi connectivity index (χ1) is 12.5. The first kappa shape index (κ1) is 17.4. The predicted molar refractivity (Wildman–Crippen MR) is 105 cm³/mol. The molecule has 134 valence electrons. The summed E-state index contributed by atoms with van der Waals surface area (Å²) in [5.41, 5.74) is 3.52. The molecule has 0 saturated carbocycles. The molecule has 0 atom stereocenters. The van der Waals surface area contributed by atoms with Crippen molar-refractivity contribution in [3.05, 3.63) is 45.1 Å². The number of nitrogens with one attached hydrogen (secondary N) is 1. The molecule has 0 saturated heterocycles. The molecule has 2 aromatic heterocycles. The summed E-state index contributed by atoms with van der Waals surface area (Å²) in [6, 6.07) is 5.50. The lowest BCUT2D eigenvalue weighted by Gasteiger charge is -2.12. The van der Waals surface area contributed by atoms with Crippen LogP contribution < -0.4 is 5.32 Å². The number of fused-ring (bicyclic) bond motifs is 2. The number of benzene rings is 1. The van der Waals surface area contributed by atoms with Gasteiger partial charge in [-0.05, 0) is 48.9 Å². The highest BCUT2D eigenvalue weighted by Gasteiger charge is 2.24. The minimum atomic E-state index is -0.162. The van der Waals surface area contributed by atoms with Crippen LogP contribution in [0, 0.1) is 5.92 Å². The molecule has 5 nitrogen and oxygen atoms in total. The van der Waals surface area contributed by atoms with Crippen molar-refractivity contribution in [2.75, 3.05) is 5.32 Å². The summed E-state index contributed by atoms with van der Waals surface area (Å²) in [5, 5.41) is 14.1. The smallest absolute Gasteiger partial charge is 0.258 e. The number of hydrogen-bond acceptors (Lipinski definition) is 5. The third-order valence-electron chi connectivity index (χ3n) is 4.47. The van der Waals surface area contributed by atoms with Gasteiger partial charge < -0.3 is 0 Å². The predicted octanol–water partition coefficient (Wildman–Crippen LogP) is 4.68. The summed E-state index contributed by atoms with van der Waals surface area (Å²) < 4.78 is 0. The maximum atomic E-state index is 13.1. The zero-order chi connectivity index (χ0) is 18.3. The summed E-state index contributed by atoms with van der Waals surface area (Å²) in [5.74, 6) is 0.339. The lowest BCUT2D eigenvalue weighted by Crippen LogP contribution is -2.15. The van der Waals surface area contributed by atoms with Crippen LogP contribution in [0.4, 0.5) is 5.13 Å². The van der Waals surface area contributed by atoms with Gasteiger partial charge in [0.1, 0.15) is 5.01 Å². The van der Waals surface area contributed by atoms with E-state index in [1.807, 2.05) is 18.2 Å². The highest BCUT2D eigenvalue weighted by atomic mass is 35.5. The van der Waals surface area contributed by atoms with E-state index in [1.165, 1.54) is 11.3 Å². The number of pyridine rings is 1. The summed E-state index contributed by atoms with van der Waals surface area (Å²) >= 11 is 7.61. The van der Waals surface area contributed by atoms with Crippen molar-refractivity contribution in [2.45, 2.75) is 39.5 Å². The monoisotopic (exact) mass is 386 g/mol. The Bertz CT molecular complexity index is 999. The number of rotatable bonds is 4. The zero-order valence-electron chi connectivity index (χ0n) is 14.7. The third-order valence-corrected chi connectivity index (χ3v) is 5.57. The lowest BCUT2D eigenvalue weighted by atomic mass is 10.0. The molecule has 2 heterocycles. The first-order valence-corrected chi connectivity index (χ1v) is 9.95. The number of carbonyl (C=O) groups excluding carboxylic acids is 1. The first-order valence-electron chi connectivity index (χ1n) is 8.76. The van der Waals surface area contributed by atoms with Gasteiger partial charge in [-0.1, -0.05) is 36.8 Å². The Labute approximate surface area is 160 Å². The van der Waals surface area contributed by atoms with Gasteiger partial charge >= 0.3 is 0 Å². The number of hydrogen-bond donors (Lipinski definition) is 1. The van der Waals surface area contributed by atoms with Crippen LogP contribution in [-0.4, -0.2) is 21.1 Å². The van der Waals surface area contributed by atoms with Crippen LogP contribution in [-0.2, 0) is 19.3 Å². The minimum Gasteiger partial charge on any atom is -0.296 e. The number of nitrogens with zero attached hydrogens (tertiary/aromatic N) is 3. The molecule has 1 aliphatic carbocycles. The van der Waals surface area contributed by atoms with Crippen molar-refractivity contribution in [1.29, 1.82) is 0 Å². The second-order valence-electron chi connectivity index (χ2n) is 6.98. The standard InChI is InChI=1S/C19H19ClN4OS/c1-10(2)8-16-23-24-19(26-16)22-18(25)17-12-4-3-5-14(12)21-15-7-6-11(20)9-13(15)17/h6-7,9-10H,3-5,8H2,1-2H3,(H,22,24,25). The van der Waals surface area contributed by atoms with Gasteiger partial charge in [-0.3, -0.25) is 15.1 Å². The van der Waals surface area contributed by atoms with Gasteiger partial charge in [-0.2, -0.15) is 0 Å². The molecule has 1 aliphatic rings. The SMILES string of the molecule is CC(C)Cc1nnc(NC(=O)c2c3c(nc4ccc(Cl)cc24)CCC3)s1. The highest BCUT2D eigenvalue weighted by Crippen LogP contribution is 2.32. The van der Waals surface area contributed by atoms with E-state index in [1.54, 1.807) is 0 Å². The van der Waals surface area contributed by atoms with Crippen molar-refractivity contribution in [2.24, 2.45) is 5.92 Å². The molecule has 1 N–H and O–H groups in total. The summed E-state index contributed by atoms with van der Waals surface area (Å²) in [4.78, 5) is 17.8. The van der Waals surface area contributed by atoms with Crippen molar-refractivity contribution < 1.29 is 4.79 Å². The lowest BCUT2D eigenvalue weighted by molar-refractivity contribution is 0.102. The average molecular weight is 387 g/mol. The zero-order valence-corrected chi connectivity index (χ0v) is 16.2. The van der Waals surface area contributed by atoms with Crippen molar-refractivity contribution in [1.82, 2.24) is 15.2 Å². The Kier molecular flexibility index (Phi) is 4.63. The highest BCUT2D eigenvalue weighted by molar-refractivity contribution is 7.15. The van der Waals surface area contributed by atoms with Crippen molar-refractivity contribution in [3.8, 4) is 0 Å². The number of anilines is 1. The molecule has 0 radical (unpaired) electrons. The Balaban J connectivity index is 1.72. The second-order valence-corrected chi connectivity index (χ2v) is 8.48. The maximum Gasteiger partial charge on any atom is 0.258 e. The summed E-state index contributed by atoms with van der Waals surface area (Å²) in [6.07, 6.45) is 3.65. The molecule has 0 unspecified atom stereocenters. The number of halogens is 1. The second kappa shape index (κ2) is 6.93. The fraction of sp³-hybridized carbons (Fsp3) is 0.368. The fourth-order valence-electron chi connectivity index (χ4n) is 3.39. The molecule has 26 heavy (non-hydrogen) atoms. The van der Waals surface area contributed by atoms with Gasteiger partial charge in [-0.15, -0.1) is 10.2 Å². The number of aryl methyl sites for hydroxylation is 1. The van der Waals surface area contributed by atoms with E-state index in [9.17, 15) is 4.79 Å². The molecular weight excluding hydrogens is 368 g/mol. The Morgan fingerprint density at radius 2 is 2.15 bits per heavy atom. The molecule has 1 amide bonds. The third kappa shape index (κ3) is 3.31. The molecule has 7 heteroatoms. The van der Waals surface area contributed by atoms with Crippen LogP contribution in [0.2, 0.25) is 5.02 Å². The van der Waals surface area contributed by atoms with E-state index in [0.717, 1.165) is 52.9 Å². The van der Waals surface area contributed by atoms with E-state index in [-0.39, 0.29) is 5.91 Å². The van der Waals surface area contributed by atoms with Gasteiger partial charge in [0, 0.05) is 22.5 Å². The molecule has 0 spiro atoms. The normalized spacial score (nSPS) is 13.4. The van der Waals surface area contributed by atoms with E-state index < -0.39 is 0 Å². The Morgan fingerprint density at radius 3 is 2.96 bits per heavy atom. The van der Waals surface area contributed by atoms with E-state index in [4.69, 9.17) is 16.6 Å². The number of amides is 1. The summed E-state index contributed by atoms with van der Waals surface area (Å²) in [7, 11) is 0. The van der Waals surface area contributed by atoms with Crippen LogP contribution in [0.15, 0.2) is 18.2 Å². The van der Waals surface area contributed by atoms with Gasteiger partial charge in [-0.25, -0.2) is 0 Å². The van der Waals surface area contributed by atoms with Crippen molar-refractivity contribution >= 4 is 44.9 Å². The van der Waals surface area contributed by atoms with Crippen LogP contribution in [0.3, 0.4) is 0 Å². The maximum absolute atomic E-state index is 13.1. The fourth-order valence-corrected chi connectivity index (χ4v) is 4.51. The van der Waals surface area contributed by atoms with E-state index in [2.05, 4.69) is 29.4 Å². The molecule has 4 rings (SSSR count). The molecule has 1 aromatic carbocycles. The molecule has 0 bridgehead atoms. The quantitative estimate of drug-likeness (QED) is 0.706. The van der Waals surface area contributed by atoms with Gasteiger partial charge in [0.05, 0.1) is 11.1 Å². The number of carbonyl (C=O) groups is 1. The molecule has 0 fully saturated rings. The summed E-state index contributed by atoms with van der Waals surface area (Å²) in [6.45, 7) is 4.27. The average Bonchev–Trinajstić information content (AvgIpc) is 3.21. The van der Waals surface area contributed by atoms with Gasteiger partial charge in [0.2, 0.25) is 5.13 Å². The Morgan fingerprint density at radius 1 is 1.31 bits per heavy atom. The van der Waals surface area contributed by atoms with Gasteiger partial charge in [0.25, 0.3) is 5.91 Å². The topological polar surface area (TPSA) is 67.8 Å². The van der Waals surface area contributed by atoms with Crippen molar-refractivity contribution in [3.63, 3.8) is 0 Å². The Hall–Kier alpha value is -2.05. The van der Waals surface area contributed by atoms with Crippen LogP contribution >= 0.6 is 22.9 Å².